The van der Waals surface area contributed by atoms with Crippen molar-refractivity contribution in [3.63, 3.8) is 0 Å². The van der Waals surface area contributed by atoms with E-state index >= 15 is 0 Å². The van der Waals surface area contributed by atoms with Crippen LogP contribution in [0.5, 0.6) is 0 Å². The Bertz CT molecular complexity index is 408. The normalized spacial score (nSPS) is 12.4. The topological polar surface area (TPSA) is 41.8 Å². The van der Waals surface area contributed by atoms with Crippen molar-refractivity contribution < 1.29 is 0 Å². The summed E-state index contributed by atoms with van der Waals surface area (Å²) in [4.78, 5) is 3.22. The average Bonchev–Trinajstić information content (AvgIpc) is 2.60. The van der Waals surface area contributed by atoms with Gasteiger partial charge in [-0.15, -0.1) is 12.4 Å². The van der Waals surface area contributed by atoms with Gasteiger partial charge in [0.05, 0.1) is 0 Å². The second-order valence-electron chi connectivity index (χ2n) is 3.30. The first-order valence-corrected chi connectivity index (χ1v) is 4.64. The average molecular weight is 211 g/mol. The number of halogens is 1. The number of nitrogens with two attached hydrogens (primary N) is 1. The van der Waals surface area contributed by atoms with E-state index in [1.54, 1.807) is 0 Å². The molecular weight excluding hydrogens is 196 g/mol. The molecule has 0 saturated carbocycles. The van der Waals surface area contributed by atoms with Gasteiger partial charge < -0.3 is 10.7 Å². The molecule has 1 heterocycles. The minimum absolute atomic E-state index is 0. The summed E-state index contributed by atoms with van der Waals surface area (Å²) in [6, 6.07) is 8.40. The van der Waals surface area contributed by atoms with E-state index in [1.165, 1.54) is 16.5 Å². The molecule has 2 rings (SSSR count). The number of hydrogen-bond acceptors (Lipinski definition) is 1. The summed E-state index contributed by atoms with van der Waals surface area (Å²) in [5, 5.41) is 1.25. The molecule has 0 spiro atoms. The Morgan fingerprint density at radius 3 is 2.79 bits per heavy atom. The SMILES string of the molecule is CCC(N)c1c[nH]c2ccccc12.Cl. The third kappa shape index (κ3) is 1.76. The van der Waals surface area contributed by atoms with Crippen LogP contribution in [0.15, 0.2) is 30.5 Å². The van der Waals surface area contributed by atoms with Crippen LogP contribution in [0, 0.1) is 0 Å². The van der Waals surface area contributed by atoms with Gasteiger partial charge in [-0.25, -0.2) is 0 Å². The molecule has 0 bridgehead atoms. The van der Waals surface area contributed by atoms with Crippen molar-refractivity contribution in [2.24, 2.45) is 5.73 Å². The van der Waals surface area contributed by atoms with Crippen LogP contribution in [0.2, 0.25) is 0 Å². The standard InChI is InChI=1S/C11H14N2.ClH/c1-2-10(12)9-7-13-11-6-4-3-5-8(9)11;/h3-7,10,13H,2,12H2,1H3;1H. The van der Waals surface area contributed by atoms with Crippen molar-refractivity contribution in [3.05, 3.63) is 36.0 Å². The highest BCUT2D eigenvalue weighted by Crippen LogP contribution is 2.23. The molecule has 14 heavy (non-hydrogen) atoms. The minimum atomic E-state index is 0. The fourth-order valence-corrected chi connectivity index (χ4v) is 1.62. The molecule has 3 heteroatoms. The van der Waals surface area contributed by atoms with E-state index in [1.807, 2.05) is 18.3 Å². The van der Waals surface area contributed by atoms with Gasteiger partial charge in [-0.05, 0) is 18.1 Å². The fraction of sp³-hybridized carbons (Fsp3) is 0.273. The Balaban J connectivity index is 0.000000980. The maximum absolute atomic E-state index is 5.98. The number of para-hydroxylation sites is 1. The van der Waals surface area contributed by atoms with Crippen molar-refractivity contribution in [2.45, 2.75) is 19.4 Å². The van der Waals surface area contributed by atoms with Crippen LogP contribution in [-0.4, -0.2) is 4.98 Å². The highest BCUT2D eigenvalue weighted by Gasteiger charge is 2.08. The van der Waals surface area contributed by atoms with Gasteiger partial charge in [-0.2, -0.15) is 0 Å². The summed E-state index contributed by atoms with van der Waals surface area (Å²) in [5.74, 6) is 0. The lowest BCUT2D eigenvalue weighted by Gasteiger charge is -2.06. The van der Waals surface area contributed by atoms with E-state index in [-0.39, 0.29) is 18.4 Å². The van der Waals surface area contributed by atoms with Crippen molar-refractivity contribution in [1.82, 2.24) is 4.98 Å². The van der Waals surface area contributed by atoms with Crippen LogP contribution in [0.4, 0.5) is 0 Å². The summed E-state index contributed by atoms with van der Waals surface area (Å²) in [6.45, 7) is 2.10. The smallest absolute Gasteiger partial charge is 0.0457 e. The molecule has 0 saturated heterocycles. The summed E-state index contributed by atoms with van der Waals surface area (Å²) in [6.07, 6.45) is 2.99. The molecule has 2 aromatic rings. The van der Waals surface area contributed by atoms with E-state index in [2.05, 4.69) is 24.0 Å². The zero-order valence-corrected chi connectivity index (χ0v) is 8.97. The van der Waals surface area contributed by atoms with Gasteiger partial charge in [0.1, 0.15) is 0 Å². The zero-order chi connectivity index (χ0) is 9.26. The highest BCUT2D eigenvalue weighted by atomic mass is 35.5. The van der Waals surface area contributed by atoms with Crippen molar-refractivity contribution >= 4 is 23.3 Å². The van der Waals surface area contributed by atoms with E-state index < -0.39 is 0 Å². The van der Waals surface area contributed by atoms with Crippen LogP contribution in [0.1, 0.15) is 24.9 Å². The molecule has 1 unspecified atom stereocenters. The van der Waals surface area contributed by atoms with Gasteiger partial charge in [-0.3, -0.25) is 0 Å². The summed E-state index contributed by atoms with van der Waals surface area (Å²) >= 11 is 0. The molecule has 1 atom stereocenters. The van der Waals surface area contributed by atoms with E-state index in [0.717, 1.165) is 6.42 Å². The van der Waals surface area contributed by atoms with Crippen molar-refractivity contribution in [1.29, 1.82) is 0 Å². The number of rotatable bonds is 2. The molecule has 1 aromatic carbocycles. The van der Waals surface area contributed by atoms with E-state index in [9.17, 15) is 0 Å². The quantitative estimate of drug-likeness (QED) is 0.786. The maximum atomic E-state index is 5.98. The van der Waals surface area contributed by atoms with E-state index in [4.69, 9.17) is 5.73 Å². The van der Waals surface area contributed by atoms with E-state index in [0.29, 0.717) is 0 Å². The lowest BCUT2D eigenvalue weighted by atomic mass is 10.1. The molecule has 0 aliphatic heterocycles. The van der Waals surface area contributed by atoms with Gasteiger partial charge in [0, 0.05) is 23.1 Å². The van der Waals surface area contributed by atoms with Crippen LogP contribution in [0.3, 0.4) is 0 Å². The Morgan fingerprint density at radius 1 is 1.36 bits per heavy atom. The second kappa shape index (κ2) is 4.49. The molecule has 0 fully saturated rings. The summed E-state index contributed by atoms with van der Waals surface area (Å²) in [7, 11) is 0. The molecule has 0 aliphatic rings. The van der Waals surface area contributed by atoms with Crippen molar-refractivity contribution in [3.8, 4) is 0 Å². The van der Waals surface area contributed by atoms with Gasteiger partial charge in [0.25, 0.3) is 0 Å². The van der Waals surface area contributed by atoms with Gasteiger partial charge in [-0.1, -0.05) is 25.1 Å². The molecule has 2 nitrogen and oxygen atoms in total. The Morgan fingerprint density at radius 2 is 2.07 bits per heavy atom. The minimum Gasteiger partial charge on any atom is -0.361 e. The highest BCUT2D eigenvalue weighted by molar-refractivity contribution is 5.85. The van der Waals surface area contributed by atoms with Gasteiger partial charge in [0.2, 0.25) is 0 Å². The monoisotopic (exact) mass is 210 g/mol. The predicted octanol–water partition coefficient (Wildman–Crippen LogP) is 3.00. The second-order valence-corrected chi connectivity index (χ2v) is 3.30. The van der Waals surface area contributed by atoms with Crippen LogP contribution in [0.25, 0.3) is 10.9 Å². The number of nitrogens with one attached hydrogen (secondary N) is 1. The lowest BCUT2D eigenvalue weighted by molar-refractivity contribution is 0.704. The summed E-state index contributed by atoms with van der Waals surface area (Å²) < 4.78 is 0. The molecule has 3 N–H and O–H groups in total. The van der Waals surface area contributed by atoms with Gasteiger partial charge >= 0.3 is 0 Å². The molecule has 76 valence electrons. The summed E-state index contributed by atoms with van der Waals surface area (Å²) in [5.41, 5.74) is 8.37. The number of H-pyrrole nitrogens is 1. The Hall–Kier alpha value is -0.990. The lowest BCUT2D eigenvalue weighted by Crippen LogP contribution is -2.07. The number of fused-ring (bicyclic) bond motifs is 1. The van der Waals surface area contributed by atoms with Crippen LogP contribution in [-0.2, 0) is 0 Å². The van der Waals surface area contributed by atoms with Crippen LogP contribution >= 0.6 is 12.4 Å². The molecular formula is C11H15ClN2. The Labute approximate surface area is 89.9 Å². The first-order valence-electron chi connectivity index (χ1n) is 4.64. The van der Waals surface area contributed by atoms with Crippen molar-refractivity contribution in [2.75, 3.05) is 0 Å². The number of aromatic nitrogens is 1. The third-order valence-corrected chi connectivity index (χ3v) is 2.46. The predicted molar refractivity (Wildman–Crippen MR) is 62.8 cm³/mol. The van der Waals surface area contributed by atoms with Crippen LogP contribution < -0.4 is 5.73 Å². The fourth-order valence-electron chi connectivity index (χ4n) is 1.62. The third-order valence-electron chi connectivity index (χ3n) is 2.46. The largest absolute Gasteiger partial charge is 0.361 e. The number of benzene rings is 1. The Kier molecular flexibility index (Phi) is 3.55. The maximum Gasteiger partial charge on any atom is 0.0457 e. The molecule has 0 amide bonds. The van der Waals surface area contributed by atoms with Gasteiger partial charge in [0.15, 0.2) is 0 Å². The molecule has 0 radical (unpaired) electrons. The number of aromatic amines is 1. The first-order chi connectivity index (χ1) is 6.33. The molecule has 0 aliphatic carbocycles. The number of hydrogen-bond donors (Lipinski definition) is 2. The molecule has 1 aromatic heterocycles. The zero-order valence-electron chi connectivity index (χ0n) is 8.16. The first kappa shape index (κ1) is 11.1.